The summed E-state index contributed by atoms with van der Waals surface area (Å²) < 4.78 is 5.63. The highest BCUT2D eigenvalue weighted by atomic mass is 16.3. The van der Waals surface area contributed by atoms with Gasteiger partial charge < -0.3 is 9.32 Å². The van der Waals surface area contributed by atoms with Crippen molar-refractivity contribution in [1.82, 2.24) is 0 Å². The van der Waals surface area contributed by atoms with Crippen LogP contribution in [0.5, 0.6) is 0 Å². The summed E-state index contributed by atoms with van der Waals surface area (Å²) in [5.41, 5.74) is 4.23. The van der Waals surface area contributed by atoms with Gasteiger partial charge >= 0.3 is 0 Å². The first-order valence-electron chi connectivity index (χ1n) is 8.78. The second kappa shape index (κ2) is 7.50. The van der Waals surface area contributed by atoms with Crippen molar-refractivity contribution in [3.63, 3.8) is 0 Å². The zero-order valence-electron chi connectivity index (χ0n) is 14.5. The Bertz CT molecular complexity index is 729. The number of fused-ring (bicyclic) bond motifs is 1. The summed E-state index contributed by atoms with van der Waals surface area (Å²) in [7, 11) is 4.31. The fourth-order valence-corrected chi connectivity index (χ4v) is 3.41. The molecule has 3 rings (SSSR count). The van der Waals surface area contributed by atoms with Gasteiger partial charge in [0, 0.05) is 12.0 Å². The van der Waals surface area contributed by atoms with Gasteiger partial charge in [-0.05, 0) is 43.4 Å². The molecular formula is C19H26N4O+2. The van der Waals surface area contributed by atoms with Gasteiger partial charge in [0.1, 0.15) is 11.6 Å². The van der Waals surface area contributed by atoms with Crippen molar-refractivity contribution in [2.24, 2.45) is 0 Å². The second-order valence-electron chi connectivity index (χ2n) is 6.74. The van der Waals surface area contributed by atoms with Crippen LogP contribution in [0.3, 0.4) is 0 Å². The Morgan fingerprint density at radius 2 is 2.08 bits per heavy atom. The molecule has 1 aliphatic carbocycles. The lowest BCUT2D eigenvalue weighted by Gasteiger charge is -2.19. The van der Waals surface area contributed by atoms with Crippen LogP contribution in [-0.4, -0.2) is 27.2 Å². The molecule has 0 radical (unpaired) electrons. The highest BCUT2D eigenvalue weighted by Crippen LogP contribution is 2.33. The van der Waals surface area contributed by atoms with Crippen LogP contribution in [0, 0.1) is 11.3 Å². The molecule has 2 aromatic rings. The van der Waals surface area contributed by atoms with Crippen LogP contribution in [0.1, 0.15) is 36.0 Å². The number of hydrogen-bond acceptors (Lipinski definition) is 3. The van der Waals surface area contributed by atoms with Crippen LogP contribution >= 0.6 is 0 Å². The van der Waals surface area contributed by atoms with E-state index >= 15 is 0 Å². The zero-order chi connectivity index (χ0) is 16.9. The highest BCUT2D eigenvalue weighted by molar-refractivity contribution is 5.64. The Labute approximate surface area is 143 Å². The largest absolute Gasteiger partial charge is 0.461 e. The number of hydrogen-bond donors (Lipinski definition) is 2. The third kappa shape index (κ3) is 3.44. The molecule has 0 unspecified atom stereocenters. The molecule has 2 aromatic heterocycles. The fourth-order valence-electron chi connectivity index (χ4n) is 3.41. The van der Waals surface area contributed by atoms with Crippen LogP contribution < -0.4 is 15.2 Å². The smallest absolute Gasteiger partial charge is 0.291 e. The monoisotopic (exact) mass is 326 g/mol. The van der Waals surface area contributed by atoms with Gasteiger partial charge in [0.15, 0.2) is 11.5 Å². The number of anilines is 1. The SMILES string of the molecule is C[NH+](C)CCCNc1[nH+]c(-c2ccco2)c2c(c1C#N)CCCC2. The number of quaternary nitrogens is 1. The van der Waals surface area contributed by atoms with E-state index in [-0.39, 0.29) is 0 Å². The van der Waals surface area contributed by atoms with E-state index in [1.54, 1.807) is 6.26 Å². The van der Waals surface area contributed by atoms with Crippen LogP contribution in [0.2, 0.25) is 0 Å². The van der Waals surface area contributed by atoms with E-state index in [0.717, 1.165) is 68.0 Å². The Morgan fingerprint density at radius 1 is 1.29 bits per heavy atom. The van der Waals surface area contributed by atoms with Gasteiger partial charge in [0.05, 0.1) is 33.4 Å². The van der Waals surface area contributed by atoms with Gasteiger partial charge in [-0.2, -0.15) is 5.26 Å². The molecule has 0 fully saturated rings. The predicted octanol–water partition coefficient (Wildman–Crippen LogP) is 1.46. The minimum absolute atomic E-state index is 0.775. The average molecular weight is 326 g/mol. The van der Waals surface area contributed by atoms with Gasteiger partial charge in [0.2, 0.25) is 0 Å². The Balaban J connectivity index is 1.95. The van der Waals surface area contributed by atoms with E-state index in [2.05, 4.69) is 30.5 Å². The Morgan fingerprint density at radius 3 is 2.75 bits per heavy atom. The van der Waals surface area contributed by atoms with Crippen molar-refractivity contribution >= 4 is 5.82 Å². The molecule has 0 spiro atoms. The molecule has 0 atom stereocenters. The molecule has 0 bridgehead atoms. The quantitative estimate of drug-likeness (QED) is 0.790. The lowest BCUT2D eigenvalue weighted by atomic mass is 9.87. The molecule has 5 nitrogen and oxygen atoms in total. The number of aromatic nitrogens is 1. The van der Waals surface area contributed by atoms with E-state index in [1.165, 1.54) is 16.0 Å². The molecule has 5 heteroatoms. The van der Waals surface area contributed by atoms with Crippen molar-refractivity contribution < 1.29 is 14.3 Å². The number of nitrogens with one attached hydrogen (secondary N) is 3. The minimum Gasteiger partial charge on any atom is -0.461 e. The van der Waals surface area contributed by atoms with Gasteiger partial charge in [0.25, 0.3) is 5.82 Å². The lowest BCUT2D eigenvalue weighted by Crippen LogP contribution is -3.05. The molecule has 0 aliphatic heterocycles. The van der Waals surface area contributed by atoms with Crippen molar-refractivity contribution in [2.75, 3.05) is 32.5 Å². The number of H-pyrrole nitrogens is 1. The maximum atomic E-state index is 9.70. The van der Waals surface area contributed by atoms with E-state index in [9.17, 15) is 5.26 Å². The number of nitrogens with zero attached hydrogens (tertiary/aromatic N) is 1. The van der Waals surface area contributed by atoms with Crippen LogP contribution in [0.4, 0.5) is 5.82 Å². The molecule has 24 heavy (non-hydrogen) atoms. The summed E-state index contributed by atoms with van der Waals surface area (Å²) in [4.78, 5) is 4.88. The van der Waals surface area contributed by atoms with E-state index in [0.29, 0.717) is 0 Å². The first-order chi connectivity index (χ1) is 11.7. The molecule has 2 heterocycles. The van der Waals surface area contributed by atoms with Crippen LogP contribution in [-0.2, 0) is 12.8 Å². The molecule has 126 valence electrons. The number of pyridine rings is 1. The first-order valence-corrected chi connectivity index (χ1v) is 8.78. The molecule has 0 saturated heterocycles. The molecule has 0 amide bonds. The summed E-state index contributed by atoms with van der Waals surface area (Å²) in [6, 6.07) is 6.30. The van der Waals surface area contributed by atoms with E-state index < -0.39 is 0 Å². The molecular weight excluding hydrogens is 300 g/mol. The van der Waals surface area contributed by atoms with E-state index in [4.69, 9.17) is 4.42 Å². The summed E-state index contributed by atoms with van der Waals surface area (Å²) in [6.07, 6.45) is 7.04. The summed E-state index contributed by atoms with van der Waals surface area (Å²) in [6.45, 7) is 1.96. The molecule has 0 aromatic carbocycles. The summed E-state index contributed by atoms with van der Waals surface area (Å²) in [5, 5.41) is 13.1. The third-order valence-electron chi connectivity index (χ3n) is 4.61. The highest BCUT2D eigenvalue weighted by Gasteiger charge is 2.27. The summed E-state index contributed by atoms with van der Waals surface area (Å²) >= 11 is 0. The van der Waals surface area contributed by atoms with Gasteiger partial charge in [-0.25, -0.2) is 4.98 Å². The lowest BCUT2D eigenvalue weighted by molar-refractivity contribution is -0.858. The summed E-state index contributed by atoms with van der Waals surface area (Å²) in [5.74, 6) is 1.68. The standard InChI is InChI=1S/C19H24N4O/c1-23(2)11-6-10-21-19-16(13-20)14-7-3-4-8-15(14)18(22-19)17-9-5-12-24-17/h5,9,12H,3-4,6-8,10-11H2,1-2H3,(H,21,22)/p+2. The van der Waals surface area contributed by atoms with Crippen molar-refractivity contribution in [3.05, 3.63) is 35.1 Å². The number of rotatable bonds is 6. The first kappa shape index (κ1) is 16.5. The van der Waals surface area contributed by atoms with Gasteiger partial charge in [-0.1, -0.05) is 0 Å². The number of furan rings is 1. The van der Waals surface area contributed by atoms with Crippen molar-refractivity contribution in [2.45, 2.75) is 32.1 Å². The molecule has 3 N–H and O–H groups in total. The Kier molecular flexibility index (Phi) is 5.17. The zero-order valence-corrected chi connectivity index (χ0v) is 14.5. The third-order valence-corrected chi connectivity index (χ3v) is 4.61. The maximum Gasteiger partial charge on any atom is 0.291 e. The topological polar surface area (TPSA) is 67.5 Å². The molecule has 1 aliphatic rings. The number of nitriles is 1. The average Bonchev–Trinajstić information content (AvgIpc) is 3.12. The minimum atomic E-state index is 0.775. The van der Waals surface area contributed by atoms with Gasteiger partial charge in [-0.15, -0.1) is 0 Å². The Hall–Kier alpha value is -2.32. The van der Waals surface area contributed by atoms with Gasteiger partial charge in [-0.3, -0.25) is 5.32 Å². The number of aromatic amines is 1. The van der Waals surface area contributed by atoms with Crippen LogP contribution in [0.25, 0.3) is 11.5 Å². The second-order valence-corrected chi connectivity index (χ2v) is 6.74. The predicted molar refractivity (Wildman–Crippen MR) is 92.8 cm³/mol. The van der Waals surface area contributed by atoms with Crippen molar-refractivity contribution in [1.29, 1.82) is 5.26 Å². The van der Waals surface area contributed by atoms with Crippen molar-refractivity contribution in [3.8, 4) is 17.5 Å². The van der Waals surface area contributed by atoms with Crippen LogP contribution in [0.15, 0.2) is 22.8 Å². The molecule has 0 saturated carbocycles. The van der Waals surface area contributed by atoms with E-state index in [1.807, 2.05) is 12.1 Å². The normalized spacial score (nSPS) is 13.6. The maximum absolute atomic E-state index is 9.70. The fraction of sp³-hybridized carbons (Fsp3) is 0.474.